The molecule has 1 radical (unpaired) electrons. The number of rotatable bonds is 1. The second-order valence-corrected chi connectivity index (χ2v) is 7.73. The molecule has 26 heavy (non-hydrogen) atoms. The Morgan fingerprint density at radius 2 is 1.31 bits per heavy atom. The van der Waals surface area contributed by atoms with Crippen LogP contribution in [0.15, 0.2) is 65.3 Å². The van der Waals surface area contributed by atoms with Crippen LogP contribution in [0, 0.1) is 11.5 Å². The summed E-state index contributed by atoms with van der Waals surface area (Å²) >= 11 is 0. The summed E-state index contributed by atoms with van der Waals surface area (Å²) < 4.78 is 0. The molecule has 0 heterocycles. The Bertz CT molecular complexity index is 811. The van der Waals surface area contributed by atoms with Crippen LogP contribution in [0.2, 0.25) is 0 Å². The van der Waals surface area contributed by atoms with Crippen molar-refractivity contribution >= 4 is 0 Å². The van der Waals surface area contributed by atoms with Crippen LogP contribution < -0.4 is 24.8 Å². The molecule has 2 aliphatic carbocycles. The van der Waals surface area contributed by atoms with Crippen LogP contribution in [-0.2, 0) is 26.2 Å². The van der Waals surface area contributed by atoms with Gasteiger partial charge in [-0.05, 0) is 33.6 Å². The fourth-order valence-corrected chi connectivity index (χ4v) is 4.16. The predicted molar refractivity (Wildman–Crippen MR) is 97.2 cm³/mol. The van der Waals surface area contributed by atoms with E-state index in [2.05, 4.69) is 82.3 Å². The van der Waals surface area contributed by atoms with Gasteiger partial charge in [-0.25, -0.2) is 5.57 Å². The van der Waals surface area contributed by atoms with E-state index in [9.17, 15) is 0 Å². The molecule has 2 aromatic rings. The summed E-state index contributed by atoms with van der Waals surface area (Å²) in [5.74, 6) is 0.367. The predicted octanol–water partition coefficient (Wildman–Crippen LogP) is 0.300. The molecule has 0 spiro atoms. The Labute approximate surface area is 189 Å². The largest absolute Gasteiger partial charge is 3.00 e. The topological polar surface area (TPSA) is 0 Å². The molecule has 3 heteroatoms. The van der Waals surface area contributed by atoms with E-state index >= 15 is 0 Å². The number of benzene rings is 2. The quantitative estimate of drug-likeness (QED) is 0.536. The van der Waals surface area contributed by atoms with Crippen molar-refractivity contribution in [1.82, 2.24) is 0 Å². The zero-order chi connectivity index (χ0) is 16.2. The van der Waals surface area contributed by atoms with Gasteiger partial charge >= 0.3 is 26.2 Å². The van der Waals surface area contributed by atoms with Gasteiger partial charge in [-0.2, -0.15) is 11.1 Å². The summed E-state index contributed by atoms with van der Waals surface area (Å²) in [7, 11) is 0. The van der Waals surface area contributed by atoms with Gasteiger partial charge in [0.1, 0.15) is 0 Å². The van der Waals surface area contributed by atoms with Crippen LogP contribution in [0.1, 0.15) is 51.2 Å². The Morgan fingerprint density at radius 1 is 0.846 bits per heavy atom. The van der Waals surface area contributed by atoms with Gasteiger partial charge in [0, 0.05) is 0 Å². The van der Waals surface area contributed by atoms with Crippen molar-refractivity contribution in [2.45, 2.75) is 40.0 Å². The first-order chi connectivity index (χ1) is 11.0. The maximum atomic E-state index is 3.61. The van der Waals surface area contributed by atoms with E-state index in [1.54, 1.807) is 5.57 Å². The molecule has 0 unspecified atom stereocenters. The third kappa shape index (κ3) is 3.69. The molecule has 0 nitrogen and oxygen atoms in total. The molecule has 0 saturated heterocycles. The van der Waals surface area contributed by atoms with Crippen molar-refractivity contribution in [3.05, 3.63) is 82.5 Å². The van der Waals surface area contributed by atoms with Gasteiger partial charge in [0.15, 0.2) is 0 Å². The number of fused-ring (bicyclic) bond motifs is 3. The van der Waals surface area contributed by atoms with Crippen LogP contribution >= 0.6 is 0 Å². The molecule has 2 aromatic carbocycles. The SMILES string of the molecule is CC1=[C-]CC(C(C)(C)C)=C1C1c2ccccc2-c2ccccc21.[Cl-].[Cl-].[Zr+3]. The molecule has 0 saturated carbocycles. The molecule has 133 valence electrons. The summed E-state index contributed by atoms with van der Waals surface area (Å²) in [6.45, 7) is 9.22. The fraction of sp³-hybridized carbons (Fsp3) is 0.304. The zero-order valence-corrected chi connectivity index (χ0v) is 19.6. The van der Waals surface area contributed by atoms with Gasteiger partial charge in [0.25, 0.3) is 0 Å². The monoisotopic (exact) mass is 459 g/mol. The molecule has 0 bridgehead atoms. The first-order valence-electron chi connectivity index (χ1n) is 8.48. The third-order valence-corrected chi connectivity index (χ3v) is 5.29. The minimum absolute atomic E-state index is 0. The average Bonchev–Trinajstić information content (AvgIpc) is 3.05. The molecular weight excluding hydrogens is 438 g/mol. The summed E-state index contributed by atoms with van der Waals surface area (Å²) in [6.07, 6.45) is 4.58. The van der Waals surface area contributed by atoms with Crippen molar-refractivity contribution in [1.29, 1.82) is 0 Å². The maximum Gasteiger partial charge on any atom is 3.00 e. The first-order valence-corrected chi connectivity index (χ1v) is 8.48. The van der Waals surface area contributed by atoms with Gasteiger partial charge in [-0.3, -0.25) is 6.08 Å². The summed E-state index contributed by atoms with van der Waals surface area (Å²) in [5.41, 5.74) is 10.3. The number of allylic oxidation sites excluding steroid dienone is 4. The van der Waals surface area contributed by atoms with Gasteiger partial charge < -0.3 is 24.8 Å². The molecule has 0 aromatic heterocycles. The smallest absolute Gasteiger partial charge is 1.00 e. The minimum atomic E-state index is 0. The Hall–Kier alpha value is -0.617. The molecule has 0 amide bonds. The molecule has 0 N–H and O–H groups in total. The minimum Gasteiger partial charge on any atom is -1.00 e. The van der Waals surface area contributed by atoms with Crippen LogP contribution in [0.5, 0.6) is 0 Å². The van der Waals surface area contributed by atoms with E-state index in [0.29, 0.717) is 5.92 Å². The first kappa shape index (κ1) is 23.4. The molecule has 0 atom stereocenters. The standard InChI is InChI=1S/C23H23.2ClH.Zr/c1-15-13-14-20(23(2,3)4)21(15)22-18-11-7-5-9-16(18)17-10-6-8-12-19(17)22;;;/h5-12,22H,14H2,1-4H3;2*1H;/q-1;;;+3/p-2. The van der Waals surface area contributed by atoms with E-state index in [-0.39, 0.29) is 56.4 Å². The molecule has 4 rings (SSSR count). The van der Waals surface area contributed by atoms with Crippen molar-refractivity contribution in [2.24, 2.45) is 5.41 Å². The molecule has 2 aliphatic rings. The van der Waals surface area contributed by atoms with Gasteiger partial charge in [0.2, 0.25) is 0 Å². The van der Waals surface area contributed by atoms with Gasteiger partial charge in [0.05, 0.1) is 0 Å². The molecule has 0 aliphatic heterocycles. The zero-order valence-electron chi connectivity index (χ0n) is 15.7. The second-order valence-electron chi connectivity index (χ2n) is 7.73. The summed E-state index contributed by atoms with van der Waals surface area (Å²) in [5, 5.41) is 0. The summed E-state index contributed by atoms with van der Waals surface area (Å²) in [4.78, 5) is 0. The van der Waals surface area contributed by atoms with E-state index in [4.69, 9.17) is 0 Å². The number of hydrogen-bond acceptors (Lipinski definition) is 0. The van der Waals surface area contributed by atoms with E-state index in [1.165, 1.54) is 33.4 Å². The van der Waals surface area contributed by atoms with Crippen LogP contribution in [0.3, 0.4) is 0 Å². The van der Waals surface area contributed by atoms with Gasteiger partial charge in [-0.1, -0.05) is 76.2 Å². The van der Waals surface area contributed by atoms with Crippen LogP contribution in [0.25, 0.3) is 11.1 Å². The van der Waals surface area contributed by atoms with E-state index in [0.717, 1.165) is 6.42 Å². The van der Waals surface area contributed by atoms with Crippen LogP contribution in [0.4, 0.5) is 0 Å². The molecular formula is C23H23Cl2Zr. The average molecular weight is 462 g/mol. The maximum absolute atomic E-state index is 3.61. The Balaban J connectivity index is 0.00000113. The van der Waals surface area contributed by atoms with Crippen molar-refractivity contribution in [3.8, 4) is 11.1 Å². The van der Waals surface area contributed by atoms with Crippen molar-refractivity contribution in [3.63, 3.8) is 0 Å². The third-order valence-electron chi connectivity index (χ3n) is 5.29. The molecule has 0 fully saturated rings. The van der Waals surface area contributed by atoms with Crippen LogP contribution in [-0.4, -0.2) is 0 Å². The normalized spacial score (nSPS) is 15.3. The Morgan fingerprint density at radius 3 is 1.77 bits per heavy atom. The number of hydrogen-bond donors (Lipinski definition) is 0. The van der Waals surface area contributed by atoms with Gasteiger partial charge in [-0.15, -0.1) is 6.42 Å². The van der Waals surface area contributed by atoms with E-state index in [1.807, 2.05) is 0 Å². The second kappa shape index (κ2) is 8.60. The van der Waals surface area contributed by atoms with Crippen molar-refractivity contribution in [2.75, 3.05) is 0 Å². The van der Waals surface area contributed by atoms with Crippen molar-refractivity contribution < 1.29 is 51.0 Å². The number of halogens is 2. The summed E-state index contributed by atoms with van der Waals surface area (Å²) in [6, 6.07) is 17.8. The fourth-order valence-electron chi connectivity index (χ4n) is 4.16. The Kier molecular flexibility index (Phi) is 7.74. The van der Waals surface area contributed by atoms with E-state index < -0.39 is 0 Å².